The number of H-pyrrole nitrogens is 1. The molecule has 0 radical (unpaired) electrons. The van der Waals surface area contributed by atoms with Gasteiger partial charge in [-0.3, -0.25) is 14.4 Å². The van der Waals surface area contributed by atoms with Crippen molar-refractivity contribution in [2.75, 3.05) is 33.9 Å². The standard InChI is InChI=1S/C28H39N3O5/c1-35-16-15-30(28(34)27(33)24-18-29-25-17-22(36-2)13-14-23(24)25)19-26(32)31(20-9-5-3-6-10-20)21-11-7-4-8-12-21/h13-14,17-18,20-21,29H,3-12,15-16,19H2,1-2H3. The van der Waals surface area contributed by atoms with Crippen LogP contribution in [0.3, 0.4) is 0 Å². The number of nitrogens with zero attached hydrogens (tertiary/aromatic N) is 2. The Kier molecular flexibility index (Phi) is 9.02. The highest BCUT2D eigenvalue weighted by Crippen LogP contribution is 2.30. The highest BCUT2D eigenvalue weighted by molar-refractivity contribution is 6.45. The van der Waals surface area contributed by atoms with E-state index in [0.29, 0.717) is 22.2 Å². The van der Waals surface area contributed by atoms with Gasteiger partial charge < -0.3 is 24.3 Å². The summed E-state index contributed by atoms with van der Waals surface area (Å²) in [4.78, 5) is 47.0. The fourth-order valence-corrected chi connectivity index (χ4v) is 5.80. The SMILES string of the molecule is COCCN(CC(=O)N(C1CCCCC1)C1CCCCC1)C(=O)C(=O)c1c[nH]c2cc(OC)ccc12. The molecule has 0 spiro atoms. The smallest absolute Gasteiger partial charge is 0.295 e. The summed E-state index contributed by atoms with van der Waals surface area (Å²) in [5.74, 6) is -0.691. The van der Waals surface area contributed by atoms with Gasteiger partial charge in [0.25, 0.3) is 11.7 Å². The van der Waals surface area contributed by atoms with Crippen LogP contribution in [0.25, 0.3) is 10.9 Å². The first-order valence-electron chi connectivity index (χ1n) is 13.3. The summed E-state index contributed by atoms with van der Waals surface area (Å²) in [7, 11) is 3.13. The van der Waals surface area contributed by atoms with Crippen molar-refractivity contribution >= 4 is 28.5 Å². The van der Waals surface area contributed by atoms with E-state index in [9.17, 15) is 14.4 Å². The lowest BCUT2D eigenvalue weighted by molar-refractivity contribution is -0.143. The monoisotopic (exact) mass is 497 g/mol. The van der Waals surface area contributed by atoms with E-state index in [4.69, 9.17) is 9.47 Å². The molecule has 1 aromatic heterocycles. The van der Waals surface area contributed by atoms with E-state index in [0.717, 1.165) is 51.4 Å². The lowest BCUT2D eigenvalue weighted by Gasteiger charge is -2.42. The van der Waals surface area contributed by atoms with Crippen molar-refractivity contribution in [1.82, 2.24) is 14.8 Å². The van der Waals surface area contributed by atoms with Crippen LogP contribution in [-0.4, -0.2) is 78.4 Å². The lowest BCUT2D eigenvalue weighted by atomic mass is 9.88. The molecule has 0 atom stereocenters. The van der Waals surface area contributed by atoms with Crippen molar-refractivity contribution in [2.24, 2.45) is 0 Å². The summed E-state index contributed by atoms with van der Waals surface area (Å²) >= 11 is 0. The van der Waals surface area contributed by atoms with Gasteiger partial charge in [0.05, 0.1) is 19.3 Å². The zero-order valence-electron chi connectivity index (χ0n) is 21.6. The van der Waals surface area contributed by atoms with Gasteiger partial charge >= 0.3 is 0 Å². The Labute approximate surface area is 213 Å². The molecule has 2 fully saturated rings. The van der Waals surface area contributed by atoms with E-state index in [1.807, 2.05) is 0 Å². The molecule has 8 heteroatoms. The average Bonchev–Trinajstić information content (AvgIpc) is 3.34. The Bertz CT molecular complexity index is 1030. The van der Waals surface area contributed by atoms with Gasteiger partial charge in [-0.2, -0.15) is 0 Å². The molecule has 1 N–H and O–H groups in total. The van der Waals surface area contributed by atoms with Gasteiger partial charge in [0.15, 0.2) is 0 Å². The second-order valence-corrected chi connectivity index (χ2v) is 10.0. The van der Waals surface area contributed by atoms with E-state index in [2.05, 4.69) is 9.88 Å². The maximum atomic E-state index is 13.8. The van der Waals surface area contributed by atoms with Crippen molar-refractivity contribution in [3.05, 3.63) is 30.0 Å². The topological polar surface area (TPSA) is 91.9 Å². The summed E-state index contributed by atoms with van der Waals surface area (Å²) < 4.78 is 10.5. The van der Waals surface area contributed by atoms with Gasteiger partial charge in [0.2, 0.25) is 5.91 Å². The number of methoxy groups -OCH3 is 2. The number of hydrogen-bond acceptors (Lipinski definition) is 5. The number of nitrogens with one attached hydrogen (secondary N) is 1. The molecule has 1 heterocycles. The number of Topliss-reactive ketones (excluding diaryl/α,β-unsaturated/α-hetero) is 1. The molecule has 0 bridgehead atoms. The summed E-state index contributed by atoms with van der Waals surface area (Å²) in [5.41, 5.74) is 1.01. The first-order chi connectivity index (χ1) is 17.5. The number of carbonyl (C=O) groups excluding carboxylic acids is 3. The molecule has 36 heavy (non-hydrogen) atoms. The molecular formula is C28H39N3O5. The number of aromatic amines is 1. The Morgan fingerprint density at radius 1 is 0.944 bits per heavy atom. The Morgan fingerprint density at radius 3 is 2.17 bits per heavy atom. The van der Waals surface area contributed by atoms with E-state index in [-0.39, 0.29) is 37.7 Å². The summed E-state index contributed by atoms with van der Waals surface area (Å²) in [6.45, 7) is 0.341. The first kappa shape index (κ1) is 26.2. The number of amides is 2. The largest absolute Gasteiger partial charge is 0.497 e. The van der Waals surface area contributed by atoms with Gasteiger partial charge in [0, 0.05) is 48.9 Å². The van der Waals surface area contributed by atoms with E-state index < -0.39 is 11.7 Å². The minimum atomic E-state index is -0.677. The number of carbonyl (C=O) groups is 3. The molecule has 2 aliphatic rings. The number of hydrogen-bond donors (Lipinski definition) is 1. The second kappa shape index (κ2) is 12.4. The Balaban J connectivity index is 1.54. The summed E-state index contributed by atoms with van der Waals surface area (Å²) in [6.07, 6.45) is 12.6. The number of rotatable bonds is 10. The number of benzene rings is 1. The third-order valence-corrected chi connectivity index (χ3v) is 7.73. The highest BCUT2D eigenvalue weighted by atomic mass is 16.5. The molecular weight excluding hydrogens is 458 g/mol. The Morgan fingerprint density at radius 2 is 1.58 bits per heavy atom. The average molecular weight is 498 g/mol. The zero-order chi connectivity index (χ0) is 25.5. The predicted molar refractivity (Wildman–Crippen MR) is 138 cm³/mol. The first-order valence-corrected chi connectivity index (χ1v) is 13.3. The lowest BCUT2D eigenvalue weighted by Crippen LogP contribution is -2.53. The van der Waals surface area contributed by atoms with Crippen LogP contribution in [0.1, 0.15) is 74.6 Å². The van der Waals surface area contributed by atoms with E-state index >= 15 is 0 Å². The van der Waals surface area contributed by atoms with E-state index in [1.165, 1.54) is 17.7 Å². The number of ether oxygens (including phenoxy) is 2. The van der Waals surface area contributed by atoms with Crippen LogP contribution in [0.15, 0.2) is 24.4 Å². The molecule has 4 rings (SSSR count). The molecule has 1 aromatic carbocycles. The fraction of sp³-hybridized carbons (Fsp3) is 0.607. The van der Waals surface area contributed by atoms with Crippen molar-refractivity contribution in [3.63, 3.8) is 0 Å². The van der Waals surface area contributed by atoms with Crippen molar-refractivity contribution in [1.29, 1.82) is 0 Å². The van der Waals surface area contributed by atoms with Gasteiger partial charge in [-0.05, 0) is 37.8 Å². The normalized spacial score (nSPS) is 17.2. The molecule has 0 unspecified atom stereocenters. The summed E-state index contributed by atoms with van der Waals surface area (Å²) in [5, 5.41) is 0.651. The third kappa shape index (κ3) is 5.91. The van der Waals surface area contributed by atoms with Crippen LogP contribution < -0.4 is 4.74 Å². The molecule has 196 valence electrons. The summed E-state index contributed by atoms with van der Waals surface area (Å²) in [6, 6.07) is 5.77. The van der Waals surface area contributed by atoms with Crippen LogP contribution in [-0.2, 0) is 14.3 Å². The molecule has 2 aromatic rings. The molecule has 8 nitrogen and oxygen atoms in total. The van der Waals surface area contributed by atoms with Crippen LogP contribution in [0.2, 0.25) is 0 Å². The van der Waals surface area contributed by atoms with Crippen LogP contribution in [0, 0.1) is 0 Å². The molecule has 2 amide bonds. The maximum absolute atomic E-state index is 13.8. The Hall–Kier alpha value is -2.87. The van der Waals surface area contributed by atoms with Gasteiger partial charge in [-0.25, -0.2) is 0 Å². The van der Waals surface area contributed by atoms with Crippen LogP contribution >= 0.6 is 0 Å². The zero-order valence-corrected chi connectivity index (χ0v) is 21.6. The van der Waals surface area contributed by atoms with Gasteiger partial charge in [-0.1, -0.05) is 38.5 Å². The quantitative estimate of drug-likeness (QED) is 0.390. The molecule has 0 aliphatic heterocycles. The van der Waals surface area contributed by atoms with Crippen molar-refractivity contribution in [2.45, 2.75) is 76.3 Å². The minimum absolute atomic E-state index is 0.0466. The van der Waals surface area contributed by atoms with Gasteiger partial charge in [0.1, 0.15) is 12.3 Å². The van der Waals surface area contributed by atoms with Crippen LogP contribution in [0.5, 0.6) is 5.75 Å². The molecule has 0 saturated heterocycles. The van der Waals surface area contributed by atoms with Crippen LogP contribution in [0.4, 0.5) is 0 Å². The van der Waals surface area contributed by atoms with Crippen molar-refractivity contribution < 1.29 is 23.9 Å². The maximum Gasteiger partial charge on any atom is 0.295 e. The minimum Gasteiger partial charge on any atom is -0.497 e. The second-order valence-electron chi connectivity index (χ2n) is 10.0. The molecule has 2 saturated carbocycles. The number of ketones is 1. The number of fused-ring (bicyclic) bond motifs is 1. The van der Waals surface area contributed by atoms with Gasteiger partial charge in [-0.15, -0.1) is 0 Å². The van der Waals surface area contributed by atoms with Crippen molar-refractivity contribution in [3.8, 4) is 5.75 Å². The van der Waals surface area contributed by atoms with E-state index in [1.54, 1.807) is 38.6 Å². The number of aromatic nitrogens is 1. The predicted octanol–water partition coefficient (Wildman–Crippen LogP) is 4.33. The molecule has 2 aliphatic carbocycles. The third-order valence-electron chi connectivity index (χ3n) is 7.73. The highest BCUT2D eigenvalue weighted by Gasteiger charge is 2.35. The fourth-order valence-electron chi connectivity index (χ4n) is 5.80.